The second kappa shape index (κ2) is 5.81. The number of aromatic nitrogens is 1. The van der Waals surface area contributed by atoms with Crippen LogP contribution in [0, 0.1) is 6.92 Å². The van der Waals surface area contributed by atoms with E-state index in [0.29, 0.717) is 6.04 Å². The second-order valence-corrected chi connectivity index (χ2v) is 6.12. The van der Waals surface area contributed by atoms with E-state index in [2.05, 4.69) is 64.7 Å². The summed E-state index contributed by atoms with van der Waals surface area (Å²) in [4.78, 5) is 1.43. The van der Waals surface area contributed by atoms with E-state index in [-0.39, 0.29) is 0 Å². The van der Waals surface area contributed by atoms with E-state index >= 15 is 0 Å². The Morgan fingerprint density at radius 2 is 2.05 bits per heavy atom. The van der Waals surface area contributed by atoms with Crippen molar-refractivity contribution >= 4 is 22.2 Å². The van der Waals surface area contributed by atoms with Gasteiger partial charge in [-0.2, -0.15) is 0 Å². The van der Waals surface area contributed by atoms with Gasteiger partial charge in [0, 0.05) is 16.1 Å². The largest absolute Gasteiger partial charge is 0.337 e. The highest BCUT2D eigenvalue weighted by molar-refractivity contribution is 7.10. The predicted octanol–water partition coefficient (Wildman–Crippen LogP) is 4.21. The fraction of sp³-hybridized carbons (Fsp3) is 0.294. The molecule has 0 fully saturated rings. The third-order valence-corrected chi connectivity index (χ3v) is 4.77. The van der Waals surface area contributed by atoms with Crippen LogP contribution in [-0.2, 0) is 0 Å². The molecule has 1 atom stereocenters. The van der Waals surface area contributed by atoms with Crippen molar-refractivity contribution in [3.05, 3.63) is 58.4 Å². The summed E-state index contributed by atoms with van der Waals surface area (Å²) < 4.78 is 2.48. The third-order valence-electron chi connectivity index (χ3n) is 3.79. The van der Waals surface area contributed by atoms with E-state index in [4.69, 9.17) is 0 Å². The summed E-state index contributed by atoms with van der Waals surface area (Å²) in [6.45, 7) is 3.23. The summed E-state index contributed by atoms with van der Waals surface area (Å²) >= 11 is 1.85. The maximum atomic E-state index is 3.28. The van der Waals surface area contributed by atoms with Gasteiger partial charge in [-0.05, 0) is 55.9 Å². The van der Waals surface area contributed by atoms with Crippen LogP contribution in [0.3, 0.4) is 0 Å². The number of benzene rings is 1. The molecule has 2 nitrogen and oxygen atoms in total. The van der Waals surface area contributed by atoms with Gasteiger partial charge >= 0.3 is 0 Å². The molecule has 3 aromatic rings. The zero-order valence-electron chi connectivity index (χ0n) is 12.0. The lowest BCUT2D eigenvalue weighted by Crippen LogP contribution is -2.17. The molecule has 20 heavy (non-hydrogen) atoms. The molecule has 0 amide bonds. The number of rotatable bonds is 5. The molecule has 0 spiro atoms. The van der Waals surface area contributed by atoms with Crippen molar-refractivity contribution in [2.24, 2.45) is 0 Å². The number of para-hydroxylation sites is 1. The Morgan fingerprint density at radius 3 is 2.80 bits per heavy atom. The van der Waals surface area contributed by atoms with Gasteiger partial charge in [-0.15, -0.1) is 11.3 Å². The molecule has 1 aromatic carbocycles. The van der Waals surface area contributed by atoms with Crippen LogP contribution in [0.15, 0.2) is 47.8 Å². The molecule has 0 aliphatic rings. The average molecular weight is 284 g/mol. The van der Waals surface area contributed by atoms with Gasteiger partial charge in [0.25, 0.3) is 0 Å². The topological polar surface area (TPSA) is 17.0 Å². The summed E-state index contributed by atoms with van der Waals surface area (Å²) in [6.07, 6.45) is 1.11. The standard InChI is InChI=1S/C17H20N2S/c1-13-12-14-6-3-4-7-15(14)19(13)16(9-10-18-2)17-8-5-11-20-17/h3-8,11-12,16,18H,9-10H2,1-2H3/t16-/m0/s1. The first kappa shape index (κ1) is 13.4. The highest BCUT2D eigenvalue weighted by Crippen LogP contribution is 2.32. The van der Waals surface area contributed by atoms with Crippen molar-refractivity contribution in [2.45, 2.75) is 19.4 Å². The lowest BCUT2D eigenvalue weighted by molar-refractivity contribution is 0.538. The van der Waals surface area contributed by atoms with Crippen LogP contribution in [0.2, 0.25) is 0 Å². The van der Waals surface area contributed by atoms with Crippen LogP contribution >= 0.6 is 11.3 Å². The molecule has 0 saturated carbocycles. The van der Waals surface area contributed by atoms with Crippen LogP contribution in [0.1, 0.15) is 23.0 Å². The zero-order chi connectivity index (χ0) is 13.9. The van der Waals surface area contributed by atoms with E-state index in [1.165, 1.54) is 21.5 Å². The van der Waals surface area contributed by atoms with E-state index in [9.17, 15) is 0 Å². The predicted molar refractivity (Wildman–Crippen MR) is 87.7 cm³/mol. The van der Waals surface area contributed by atoms with Crippen LogP contribution in [0.5, 0.6) is 0 Å². The van der Waals surface area contributed by atoms with Gasteiger partial charge in [-0.3, -0.25) is 0 Å². The van der Waals surface area contributed by atoms with E-state index in [1.54, 1.807) is 0 Å². The molecule has 0 aliphatic heterocycles. The molecular weight excluding hydrogens is 264 g/mol. The van der Waals surface area contributed by atoms with Crippen molar-refractivity contribution < 1.29 is 0 Å². The summed E-state index contributed by atoms with van der Waals surface area (Å²) in [5.74, 6) is 0. The minimum absolute atomic E-state index is 0.419. The summed E-state index contributed by atoms with van der Waals surface area (Å²) in [5.41, 5.74) is 2.67. The molecule has 1 N–H and O–H groups in total. The van der Waals surface area contributed by atoms with Gasteiger partial charge in [0.05, 0.1) is 6.04 Å². The quantitative estimate of drug-likeness (QED) is 0.742. The fourth-order valence-corrected chi connectivity index (χ4v) is 3.74. The van der Waals surface area contributed by atoms with Gasteiger partial charge in [-0.1, -0.05) is 24.3 Å². The Kier molecular flexibility index (Phi) is 3.90. The van der Waals surface area contributed by atoms with Gasteiger partial charge in [0.15, 0.2) is 0 Å². The minimum Gasteiger partial charge on any atom is -0.337 e. The Labute approximate surface area is 124 Å². The number of thiophene rings is 1. The van der Waals surface area contributed by atoms with Gasteiger partial charge in [0.2, 0.25) is 0 Å². The molecule has 104 valence electrons. The summed E-state index contributed by atoms with van der Waals surface area (Å²) in [6, 6.07) is 15.8. The smallest absolute Gasteiger partial charge is 0.0693 e. The Bertz CT molecular complexity index is 682. The van der Waals surface area contributed by atoms with Gasteiger partial charge in [0.1, 0.15) is 0 Å². The normalized spacial score (nSPS) is 12.9. The van der Waals surface area contributed by atoms with Crippen molar-refractivity contribution in [2.75, 3.05) is 13.6 Å². The first-order valence-electron chi connectivity index (χ1n) is 7.06. The highest BCUT2D eigenvalue weighted by atomic mass is 32.1. The summed E-state index contributed by atoms with van der Waals surface area (Å²) in [5, 5.41) is 6.78. The maximum Gasteiger partial charge on any atom is 0.0693 e. The first-order chi connectivity index (χ1) is 9.81. The van der Waals surface area contributed by atoms with E-state index in [1.807, 2.05) is 18.4 Å². The number of nitrogens with one attached hydrogen (secondary N) is 1. The molecular formula is C17H20N2S. The molecule has 0 saturated heterocycles. The second-order valence-electron chi connectivity index (χ2n) is 5.14. The van der Waals surface area contributed by atoms with Crippen molar-refractivity contribution in [1.82, 2.24) is 9.88 Å². The van der Waals surface area contributed by atoms with Crippen LogP contribution in [-0.4, -0.2) is 18.2 Å². The number of fused-ring (bicyclic) bond motifs is 1. The Hall–Kier alpha value is -1.58. The van der Waals surface area contributed by atoms with Crippen molar-refractivity contribution in [1.29, 1.82) is 0 Å². The van der Waals surface area contributed by atoms with Crippen molar-refractivity contribution in [3.63, 3.8) is 0 Å². The van der Waals surface area contributed by atoms with E-state index < -0.39 is 0 Å². The molecule has 0 aliphatic carbocycles. The van der Waals surface area contributed by atoms with Crippen molar-refractivity contribution in [3.8, 4) is 0 Å². The minimum atomic E-state index is 0.419. The first-order valence-corrected chi connectivity index (χ1v) is 7.94. The lowest BCUT2D eigenvalue weighted by Gasteiger charge is -2.21. The monoisotopic (exact) mass is 284 g/mol. The average Bonchev–Trinajstić information content (AvgIpc) is 3.08. The fourth-order valence-electron chi connectivity index (χ4n) is 2.89. The molecule has 3 heteroatoms. The zero-order valence-corrected chi connectivity index (χ0v) is 12.8. The molecule has 2 aromatic heterocycles. The van der Waals surface area contributed by atoms with Crippen LogP contribution < -0.4 is 5.32 Å². The third kappa shape index (κ3) is 2.39. The number of hydrogen-bond acceptors (Lipinski definition) is 2. The van der Waals surface area contributed by atoms with Crippen LogP contribution in [0.4, 0.5) is 0 Å². The number of aryl methyl sites for hydroxylation is 1. The molecule has 3 rings (SSSR count). The highest BCUT2D eigenvalue weighted by Gasteiger charge is 2.18. The van der Waals surface area contributed by atoms with Crippen LogP contribution in [0.25, 0.3) is 10.9 Å². The lowest BCUT2D eigenvalue weighted by atomic mass is 10.1. The SMILES string of the molecule is CNCC[C@@H](c1cccs1)n1c(C)cc2ccccc21. The molecule has 0 radical (unpaired) electrons. The molecule has 2 heterocycles. The maximum absolute atomic E-state index is 3.28. The van der Waals surface area contributed by atoms with Gasteiger partial charge < -0.3 is 9.88 Å². The Morgan fingerprint density at radius 1 is 1.20 bits per heavy atom. The molecule has 0 unspecified atom stereocenters. The van der Waals surface area contributed by atoms with E-state index in [0.717, 1.165) is 13.0 Å². The van der Waals surface area contributed by atoms with Gasteiger partial charge in [-0.25, -0.2) is 0 Å². The molecule has 0 bridgehead atoms. The number of nitrogens with zero attached hydrogens (tertiary/aromatic N) is 1. The Balaban J connectivity index is 2.11. The number of hydrogen-bond donors (Lipinski definition) is 1. The summed E-state index contributed by atoms with van der Waals surface area (Å²) in [7, 11) is 2.02.